The van der Waals surface area contributed by atoms with Crippen LogP contribution >= 0.6 is 0 Å². The third-order valence-electron chi connectivity index (χ3n) is 0.944. The van der Waals surface area contributed by atoms with Crippen LogP contribution in [0.25, 0.3) is 0 Å². The number of Topliss-reactive ketones (excluding diaryl/α,β-unsaturated/α-hetero) is 1. The number of allylic oxidation sites excluding steroid dienone is 4. The van der Waals surface area contributed by atoms with E-state index in [1.54, 1.807) is 25.2 Å². The average molecular weight is 136 g/mol. The van der Waals surface area contributed by atoms with Gasteiger partial charge in [0.1, 0.15) is 5.78 Å². The minimum Gasteiger partial charge on any atom is -0.300 e. The first-order valence-corrected chi connectivity index (χ1v) is 3.13. The van der Waals surface area contributed by atoms with Crippen molar-refractivity contribution in [1.29, 1.82) is 0 Å². The first-order chi connectivity index (χ1) is 4.66. The van der Waals surface area contributed by atoms with E-state index in [-0.39, 0.29) is 5.78 Å². The predicted molar refractivity (Wildman–Crippen MR) is 43.8 cm³/mol. The summed E-state index contributed by atoms with van der Waals surface area (Å²) in [5, 5.41) is 0. The van der Waals surface area contributed by atoms with E-state index in [0.29, 0.717) is 6.42 Å². The molecule has 0 fully saturated rings. The summed E-state index contributed by atoms with van der Waals surface area (Å²) in [6.45, 7) is 8.72. The van der Waals surface area contributed by atoms with Gasteiger partial charge >= 0.3 is 0 Å². The van der Waals surface area contributed by atoms with Gasteiger partial charge in [0, 0.05) is 6.42 Å². The predicted octanol–water partition coefficient (Wildman–Crippen LogP) is 2.26. The summed E-state index contributed by atoms with van der Waals surface area (Å²) in [7, 11) is 0. The fourth-order valence-electron chi connectivity index (χ4n) is 0.583. The third kappa shape index (κ3) is 5.04. The summed E-state index contributed by atoms with van der Waals surface area (Å²) in [5.74, 6) is 0.138. The maximum absolute atomic E-state index is 10.5. The Morgan fingerprint density at radius 1 is 1.60 bits per heavy atom. The van der Waals surface area contributed by atoms with Gasteiger partial charge in [0.05, 0.1) is 0 Å². The zero-order valence-electron chi connectivity index (χ0n) is 6.26. The molecule has 0 aromatic carbocycles. The van der Waals surface area contributed by atoms with E-state index in [1.165, 1.54) is 0 Å². The molecule has 0 unspecified atom stereocenters. The van der Waals surface area contributed by atoms with E-state index < -0.39 is 0 Å². The molecule has 54 valence electrons. The van der Waals surface area contributed by atoms with E-state index in [0.717, 1.165) is 5.57 Å². The molecule has 0 aliphatic carbocycles. The van der Waals surface area contributed by atoms with E-state index in [2.05, 4.69) is 13.2 Å². The molecule has 0 heterocycles. The van der Waals surface area contributed by atoms with Crippen molar-refractivity contribution in [3.63, 3.8) is 0 Å². The largest absolute Gasteiger partial charge is 0.300 e. The first-order valence-electron chi connectivity index (χ1n) is 3.13. The van der Waals surface area contributed by atoms with Gasteiger partial charge in [-0.05, 0) is 12.5 Å². The number of ketones is 1. The summed E-state index contributed by atoms with van der Waals surface area (Å²) in [6.07, 6.45) is 5.65. The second-order valence-electron chi connectivity index (χ2n) is 2.13. The summed E-state index contributed by atoms with van der Waals surface area (Å²) < 4.78 is 0. The Morgan fingerprint density at radius 2 is 2.20 bits per heavy atom. The molecule has 0 rings (SSSR count). The van der Waals surface area contributed by atoms with Gasteiger partial charge in [-0.3, -0.25) is 4.79 Å². The van der Waals surface area contributed by atoms with Crippen molar-refractivity contribution in [3.8, 4) is 0 Å². The first kappa shape index (κ1) is 8.89. The Balaban J connectivity index is 3.75. The van der Waals surface area contributed by atoms with Crippen LogP contribution in [0, 0.1) is 0 Å². The van der Waals surface area contributed by atoms with Gasteiger partial charge in [-0.25, -0.2) is 0 Å². The molecule has 0 N–H and O–H groups in total. The van der Waals surface area contributed by atoms with Crippen LogP contribution in [0.15, 0.2) is 37.0 Å². The number of hydrogen-bond donors (Lipinski definition) is 0. The van der Waals surface area contributed by atoms with Gasteiger partial charge in [0.2, 0.25) is 0 Å². The zero-order valence-corrected chi connectivity index (χ0v) is 6.26. The molecule has 10 heavy (non-hydrogen) atoms. The van der Waals surface area contributed by atoms with E-state index in [1.807, 2.05) is 0 Å². The van der Waals surface area contributed by atoms with Crippen LogP contribution in [0.3, 0.4) is 0 Å². The van der Waals surface area contributed by atoms with Crippen LogP contribution < -0.4 is 0 Å². The summed E-state index contributed by atoms with van der Waals surface area (Å²) >= 11 is 0. The lowest BCUT2D eigenvalue weighted by Crippen LogP contribution is -1.89. The van der Waals surface area contributed by atoms with Crippen LogP contribution in [-0.4, -0.2) is 5.78 Å². The molecule has 0 saturated carbocycles. The summed E-state index contributed by atoms with van der Waals surface area (Å²) in [4.78, 5) is 10.5. The molecule has 0 radical (unpaired) electrons. The Hall–Kier alpha value is -1.11. The molecular formula is C9H12O. The molecule has 0 aliphatic heterocycles. The van der Waals surface area contributed by atoms with E-state index in [9.17, 15) is 4.79 Å². The van der Waals surface area contributed by atoms with Crippen LogP contribution in [0.2, 0.25) is 0 Å². The highest BCUT2D eigenvalue weighted by atomic mass is 16.1. The minimum absolute atomic E-state index is 0.138. The van der Waals surface area contributed by atoms with Crippen LogP contribution in [0.4, 0.5) is 0 Å². The van der Waals surface area contributed by atoms with Crippen molar-refractivity contribution in [1.82, 2.24) is 0 Å². The zero-order chi connectivity index (χ0) is 7.98. The van der Waals surface area contributed by atoms with Gasteiger partial charge in [-0.15, -0.1) is 0 Å². The topological polar surface area (TPSA) is 17.1 Å². The van der Waals surface area contributed by atoms with Crippen molar-refractivity contribution < 1.29 is 4.79 Å². The van der Waals surface area contributed by atoms with E-state index in [4.69, 9.17) is 0 Å². The molecule has 0 bridgehead atoms. The molecule has 0 saturated heterocycles. The quantitative estimate of drug-likeness (QED) is 0.542. The minimum atomic E-state index is 0.138. The number of rotatable bonds is 4. The lowest BCUT2D eigenvalue weighted by molar-refractivity contribution is -0.116. The van der Waals surface area contributed by atoms with Gasteiger partial charge in [-0.2, -0.15) is 0 Å². The van der Waals surface area contributed by atoms with Crippen molar-refractivity contribution in [3.05, 3.63) is 37.0 Å². The number of hydrogen-bond acceptors (Lipinski definition) is 1. The average Bonchev–Trinajstić information content (AvgIpc) is 1.82. The Kier molecular flexibility index (Phi) is 4.21. The molecular weight excluding hydrogens is 124 g/mol. The van der Waals surface area contributed by atoms with Crippen LogP contribution in [0.1, 0.15) is 13.3 Å². The van der Waals surface area contributed by atoms with Gasteiger partial charge in [-0.1, -0.05) is 31.4 Å². The maximum atomic E-state index is 10.5. The molecule has 0 atom stereocenters. The molecule has 0 aliphatic rings. The molecule has 1 heteroatoms. The maximum Gasteiger partial charge on any atom is 0.134 e. The lowest BCUT2D eigenvalue weighted by Gasteiger charge is -1.91. The van der Waals surface area contributed by atoms with Crippen LogP contribution in [0.5, 0.6) is 0 Å². The van der Waals surface area contributed by atoms with E-state index >= 15 is 0 Å². The Morgan fingerprint density at radius 3 is 2.60 bits per heavy atom. The fourth-order valence-corrected chi connectivity index (χ4v) is 0.583. The standard InChI is InChI=1S/C9H12O/c1-4-5-6-8(2)7-9(3)10/h4-6H,1-2,7H2,3H3/b6-5-. The smallest absolute Gasteiger partial charge is 0.134 e. The van der Waals surface area contributed by atoms with Gasteiger partial charge in [0.15, 0.2) is 0 Å². The van der Waals surface area contributed by atoms with Crippen molar-refractivity contribution >= 4 is 5.78 Å². The highest BCUT2D eigenvalue weighted by Crippen LogP contribution is 1.99. The fraction of sp³-hybridized carbons (Fsp3) is 0.222. The number of carbonyl (C=O) groups is 1. The summed E-state index contributed by atoms with van der Waals surface area (Å²) in [6, 6.07) is 0. The SMILES string of the molecule is C=C/C=C\C(=C)CC(C)=O. The monoisotopic (exact) mass is 136 g/mol. The Labute approximate surface area is 61.8 Å². The molecule has 0 spiro atoms. The lowest BCUT2D eigenvalue weighted by atomic mass is 10.1. The second-order valence-corrected chi connectivity index (χ2v) is 2.13. The van der Waals surface area contributed by atoms with Crippen LogP contribution in [-0.2, 0) is 4.79 Å². The van der Waals surface area contributed by atoms with Gasteiger partial charge < -0.3 is 0 Å². The highest BCUT2D eigenvalue weighted by molar-refractivity contribution is 5.78. The molecule has 0 aromatic heterocycles. The molecule has 1 nitrogen and oxygen atoms in total. The summed E-state index contributed by atoms with van der Waals surface area (Å²) in [5.41, 5.74) is 0.826. The molecule has 0 amide bonds. The molecule has 0 aromatic rings. The normalized spacial score (nSPS) is 9.70. The Bertz CT molecular complexity index is 175. The van der Waals surface area contributed by atoms with Crippen molar-refractivity contribution in [2.75, 3.05) is 0 Å². The second kappa shape index (κ2) is 4.74. The van der Waals surface area contributed by atoms with Gasteiger partial charge in [0.25, 0.3) is 0 Å². The van der Waals surface area contributed by atoms with Crippen molar-refractivity contribution in [2.45, 2.75) is 13.3 Å². The highest BCUT2D eigenvalue weighted by Gasteiger charge is 1.92. The third-order valence-corrected chi connectivity index (χ3v) is 0.944. The van der Waals surface area contributed by atoms with Crippen molar-refractivity contribution in [2.24, 2.45) is 0 Å². The number of carbonyl (C=O) groups excluding carboxylic acids is 1.